The van der Waals surface area contributed by atoms with Crippen LogP contribution in [0, 0.1) is 0 Å². The average molecular weight is 340 g/mol. The van der Waals surface area contributed by atoms with Gasteiger partial charge in [0, 0.05) is 5.54 Å². The summed E-state index contributed by atoms with van der Waals surface area (Å²) in [6.45, 7) is 10.6. The monoisotopic (exact) mass is 339 g/mol. The summed E-state index contributed by atoms with van der Waals surface area (Å²) in [6, 6.07) is 0. The van der Waals surface area contributed by atoms with Crippen molar-refractivity contribution in [3.05, 3.63) is 0 Å². The van der Waals surface area contributed by atoms with Gasteiger partial charge >= 0.3 is 0 Å². The van der Waals surface area contributed by atoms with Crippen LogP contribution in [0.4, 0.5) is 0 Å². The highest BCUT2D eigenvalue weighted by Gasteiger charge is 2.22. The van der Waals surface area contributed by atoms with E-state index in [0.717, 1.165) is 0 Å². The van der Waals surface area contributed by atoms with Gasteiger partial charge in [-0.15, -0.1) is 0 Å². The molecule has 0 radical (unpaired) electrons. The summed E-state index contributed by atoms with van der Waals surface area (Å²) in [5.41, 5.74) is 0.392. The SMILES string of the molecule is CCCCCCCCNC(C)(CCCCCC)CCCCCCC. The van der Waals surface area contributed by atoms with Crippen LogP contribution in [0.5, 0.6) is 0 Å². The molecule has 0 aromatic carbocycles. The zero-order chi connectivity index (χ0) is 17.9. The van der Waals surface area contributed by atoms with Crippen molar-refractivity contribution in [3.8, 4) is 0 Å². The van der Waals surface area contributed by atoms with Crippen LogP contribution in [0.2, 0.25) is 0 Å². The molecular formula is C23H49N. The summed E-state index contributed by atoms with van der Waals surface area (Å²) >= 11 is 0. The van der Waals surface area contributed by atoms with Crippen molar-refractivity contribution in [2.45, 2.75) is 142 Å². The minimum absolute atomic E-state index is 0.392. The van der Waals surface area contributed by atoms with Gasteiger partial charge in [-0.1, -0.05) is 111 Å². The van der Waals surface area contributed by atoms with E-state index in [1.54, 1.807) is 0 Å². The van der Waals surface area contributed by atoms with Gasteiger partial charge in [0.05, 0.1) is 0 Å². The molecule has 0 aromatic rings. The second kappa shape index (κ2) is 17.8. The molecule has 24 heavy (non-hydrogen) atoms. The van der Waals surface area contributed by atoms with Gasteiger partial charge in [0.15, 0.2) is 0 Å². The lowest BCUT2D eigenvalue weighted by Gasteiger charge is -2.32. The second-order valence-electron chi connectivity index (χ2n) is 8.23. The van der Waals surface area contributed by atoms with Crippen LogP contribution in [0.3, 0.4) is 0 Å². The van der Waals surface area contributed by atoms with Gasteiger partial charge in [-0.2, -0.15) is 0 Å². The number of nitrogens with one attached hydrogen (secondary N) is 1. The maximum absolute atomic E-state index is 3.95. The lowest BCUT2D eigenvalue weighted by atomic mass is 9.88. The Kier molecular flexibility index (Phi) is 17.7. The van der Waals surface area contributed by atoms with Crippen LogP contribution in [0.25, 0.3) is 0 Å². The number of unbranched alkanes of at least 4 members (excludes halogenated alkanes) is 12. The van der Waals surface area contributed by atoms with Crippen LogP contribution in [0.1, 0.15) is 137 Å². The van der Waals surface area contributed by atoms with E-state index in [1.165, 1.54) is 116 Å². The predicted octanol–water partition coefficient (Wildman–Crippen LogP) is 8.03. The third-order valence-corrected chi connectivity index (χ3v) is 5.50. The summed E-state index contributed by atoms with van der Waals surface area (Å²) in [5.74, 6) is 0. The third kappa shape index (κ3) is 15.5. The van der Waals surface area contributed by atoms with Crippen LogP contribution >= 0.6 is 0 Å². The first-order valence-corrected chi connectivity index (χ1v) is 11.4. The second-order valence-corrected chi connectivity index (χ2v) is 8.23. The molecule has 1 heteroatoms. The molecule has 1 N–H and O–H groups in total. The van der Waals surface area contributed by atoms with E-state index in [4.69, 9.17) is 0 Å². The summed E-state index contributed by atoms with van der Waals surface area (Å²) in [6.07, 6.45) is 23.8. The van der Waals surface area contributed by atoms with Crippen molar-refractivity contribution in [2.24, 2.45) is 0 Å². The number of rotatable bonds is 19. The summed E-state index contributed by atoms with van der Waals surface area (Å²) in [7, 11) is 0. The van der Waals surface area contributed by atoms with Gasteiger partial charge in [0.2, 0.25) is 0 Å². The number of hydrogen-bond acceptors (Lipinski definition) is 1. The van der Waals surface area contributed by atoms with Crippen LogP contribution in [-0.4, -0.2) is 12.1 Å². The fourth-order valence-corrected chi connectivity index (χ4v) is 3.66. The Morgan fingerprint density at radius 1 is 0.500 bits per heavy atom. The molecule has 0 fully saturated rings. The first-order valence-electron chi connectivity index (χ1n) is 11.4. The molecule has 1 unspecified atom stereocenters. The molecule has 1 atom stereocenters. The molecule has 1 nitrogen and oxygen atoms in total. The fraction of sp³-hybridized carbons (Fsp3) is 1.00. The van der Waals surface area contributed by atoms with Crippen LogP contribution in [-0.2, 0) is 0 Å². The zero-order valence-corrected chi connectivity index (χ0v) is 17.7. The summed E-state index contributed by atoms with van der Waals surface area (Å²) < 4.78 is 0. The van der Waals surface area contributed by atoms with Gasteiger partial charge in [-0.3, -0.25) is 0 Å². The maximum Gasteiger partial charge on any atom is 0.0153 e. The molecule has 0 aliphatic rings. The molecule has 0 amide bonds. The highest BCUT2D eigenvalue weighted by molar-refractivity contribution is 4.83. The Morgan fingerprint density at radius 3 is 1.38 bits per heavy atom. The quantitative estimate of drug-likeness (QED) is 0.235. The van der Waals surface area contributed by atoms with Crippen molar-refractivity contribution in [1.29, 1.82) is 0 Å². The average Bonchev–Trinajstić information content (AvgIpc) is 2.58. The normalized spacial score (nSPS) is 14.0. The van der Waals surface area contributed by atoms with Gasteiger partial charge < -0.3 is 5.32 Å². The van der Waals surface area contributed by atoms with E-state index in [2.05, 4.69) is 33.0 Å². The molecule has 146 valence electrons. The Labute approximate surface area is 154 Å². The molecule has 0 saturated carbocycles. The molecule has 0 bridgehead atoms. The standard InChI is InChI=1S/C23H49N/c1-5-8-11-14-16-19-22-24-23(4,20-17-13-10-7-3)21-18-15-12-9-6-2/h24H,5-22H2,1-4H3. The minimum atomic E-state index is 0.392. The lowest BCUT2D eigenvalue weighted by molar-refractivity contribution is 0.285. The summed E-state index contributed by atoms with van der Waals surface area (Å²) in [4.78, 5) is 0. The molecule has 0 saturated heterocycles. The molecule has 0 heterocycles. The van der Waals surface area contributed by atoms with E-state index >= 15 is 0 Å². The van der Waals surface area contributed by atoms with E-state index in [0.29, 0.717) is 5.54 Å². The van der Waals surface area contributed by atoms with E-state index in [9.17, 15) is 0 Å². The van der Waals surface area contributed by atoms with Gasteiger partial charge in [0.1, 0.15) is 0 Å². The Bertz CT molecular complexity index is 238. The molecule has 0 rings (SSSR count). The largest absolute Gasteiger partial charge is 0.312 e. The fourth-order valence-electron chi connectivity index (χ4n) is 3.66. The van der Waals surface area contributed by atoms with Crippen molar-refractivity contribution in [1.82, 2.24) is 5.32 Å². The molecule has 0 aliphatic heterocycles. The Hall–Kier alpha value is -0.0400. The van der Waals surface area contributed by atoms with Crippen LogP contribution in [0.15, 0.2) is 0 Å². The lowest BCUT2D eigenvalue weighted by Crippen LogP contribution is -2.42. The Morgan fingerprint density at radius 2 is 0.875 bits per heavy atom. The maximum atomic E-state index is 3.95. The smallest absolute Gasteiger partial charge is 0.0153 e. The van der Waals surface area contributed by atoms with E-state index in [-0.39, 0.29) is 0 Å². The predicted molar refractivity (Wildman–Crippen MR) is 112 cm³/mol. The Balaban J connectivity index is 3.96. The van der Waals surface area contributed by atoms with Crippen molar-refractivity contribution in [3.63, 3.8) is 0 Å². The van der Waals surface area contributed by atoms with Crippen molar-refractivity contribution >= 4 is 0 Å². The molecule has 0 aromatic heterocycles. The number of hydrogen-bond donors (Lipinski definition) is 1. The third-order valence-electron chi connectivity index (χ3n) is 5.50. The minimum Gasteiger partial charge on any atom is -0.312 e. The van der Waals surface area contributed by atoms with E-state index in [1.807, 2.05) is 0 Å². The molecule has 0 spiro atoms. The van der Waals surface area contributed by atoms with Gasteiger partial charge in [0.25, 0.3) is 0 Å². The zero-order valence-electron chi connectivity index (χ0n) is 17.7. The van der Waals surface area contributed by atoms with E-state index < -0.39 is 0 Å². The van der Waals surface area contributed by atoms with Gasteiger partial charge in [-0.05, 0) is 32.7 Å². The highest BCUT2D eigenvalue weighted by atomic mass is 15.0. The summed E-state index contributed by atoms with van der Waals surface area (Å²) in [5, 5.41) is 3.95. The first-order chi connectivity index (χ1) is 11.7. The highest BCUT2D eigenvalue weighted by Crippen LogP contribution is 2.23. The first kappa shape index (κ1) is 24.0. The van der Waals surface area contributed by atoms with Crippen molar-refractivity contribution < 1.29 is 0 Å². The van der Waals surface area contributed by atoms with Gasteiger partial charge in [-0.25, -0.2) is 0 Å². The van der Waals surface area contributed by atoms with Crippen LogP contribution < -0.4 is 5.32 Å². The molecular weight excluding hydrogens is 290 g/mol. The molecule has 0 aliphatic carbocycles. The van der Waals surface area contributed by atoms with Crippen molar-refractivity contribution in [2.75, 3.05) is 6.54 Å². The topological polar surface area (TPSA) is 12.0 Å².